The van der Waals surface area contributed by atoms with Crippen molar-refractivity contribution in [2.24, 2.45) is 0 Å². The number of nitrogens with one attached hydrogen (secondary N) is 1. The monoisotopic (exact) mass is 482 g/mol. The number of nitrogens with zero attached hydrogens (tertiary/aromatic N) is 1. The van der Waals surface area contributed by atoms with Crippen LogP contribution in [0.2, 0.25) is 5.02 Å². The van der Waals surface area contributed by atoms with Gasteiger partial charge in [-0.25, -0.2) is 4.39 Å². The highest BCUT2D eigenvalue weighted by Gasteiger charge is 2.30. The molecule has 0 aliphatic heterocycles. The molecule has 3 aromatic carbocycles. The van der Waals surface area contributed by atoms with E-state index in [0.717, 1.165) is 17.5 Å². The van der Waals surface area contributed by atoms with Crippen molar-refractivity contribution in [3.8, 4) is 5.75 Å². The van der Waals surface area contributed by atoms with Gasteiger partial charge in [-0.05, 0) is 41.8 Å². The molecule has 0 heterocycles. The van der Waals surface area contributed by atoms with Gasteiger partial charge in [-0.1, -0.05) is 73.1 Å². The number of ether oxygens (including phenoxy) is 1. The van der Waals surface area contributed by atoms with Crippen LogP contribution in [-0.2, 0) is 22.6 Å². The molecule has 0 spiro atoms. The number of benzene rings is 3. The smallest absolute Gasteiger partial charge is 0.261 e. The van der Waals surface area contributed by atoms with E-state index in [1.54, 1.807) is 24.3 Å². The van der Waals surface area contributed by atoms with E-state index in [1.807, 2.05) is 49.4 Å². The van der Waals surface area contributed by atoms with Gasteiger partial charge in [0.25, 0.3) is 5.91 Å². The van der Waals surface area contributed by atoms with Gasteiger partial charge < -0.3 is 15.0 Å². The van der Waals surface area contributed by atoms with Crippen molar-refractivity contribution >= 4 is 23.4 Å². The second-order valence-electron chi connectivity index (χ2n) is 7.86. The molecule has 0 aliphatic carbocycles. The third-order valence-corrected chi connectivity index (χ3v) is 5.53. The lowest BCUT2D eigenvalue weighted by atomic mass is 10.0. The zero-order valence-electron chi connectivity index (χ0n) is 19.0. The van der Waals surface area contributed by atoms with Gasteiger partial charge in [0, 0.05) is 24.5 Å². The van der Waals surface area contributed by atoms with E-state index in [1.165, 1.54) is 17.0 Å². The van der Waals surface area contributed by atoms with Crippen molar-refractivity contribution in [3.63, 3.8) is 0 Å². The van der Waals surface area contributed by atoms with Crippen LogP contribution in [0.25, 0.3) is 0 Å². The maximum absolute atomic E-state index is 14.0. The lowest BCUT2D eigenvalue weighted by molar-refractivity contribution is -0.142. The Morgan fingerprint density at radius 1 is 0.971 bits per heavy atom. The van der Waals surface area contributed by atoms with Crippen LogP contribution in [-0.4, -0.2) is 35.9 Å². The van der Waals surface area contributed by atoms with Gasteiger partial charge in [0.05, 0.1) is 0 Å². The molecule has 3 aromatic rings. The highest BCUT2D eigenvalue weighted by atomic mass is 35.5. The molecule has 0 unspecified atom stereocenters. The first-order valence-electron chi connectivity index (χ1n) is 11.2. The number of rotatable bonds is 11. The molecule has 34 heavy (non-hydrogen) atoms. The Morgan fingerprint density at radius 2 is 1.65 bits per heavy atom. The summed E-state index contributed by atoms with van der Waals surface area (Å²) < 4.78 is 19.5. The molecule has 1 N–H and O–H groups in total. The fraction of sp³-hybridized carbons (Fsp3) is 0.259. The van der Waals surface area contributed by atoms with Gasteiger partial charge in [0.15, 0.2) is 18.2 Å². The second kappa shape index (κ2) is 12.8. The number of para-hydroxylation sites is 1. The molecule has 0 fully saturated rings. The van der Waals surface area contributed by atoms with Crippen molar-refractivity contribution < 1.29 is 18.7 Å². The first-order valence-corrected chi connectivity index (χ1v) is 11.6. The van der Waals surface area contributed by atoms with Crippen molar-refractivity contribution in [3.05, 3.63) is 101 Å². The fourth-order valence-electron chi connectivity index (χ4n) is 3.49. The van der Waals surface area contributed by atoms with Gasteiger partial charge in [-0.15, -0.1) is 0 Å². The Labute approximate surface area is 204 Å². The summed E-state index contributed by atoms with van der Waals surface area (Å²) in [4.78, 5) is 28.1. The molecule has 3 rings (SSSR count). The highest BCUT2D eigenvalue weighted by Crippen LogP contribution is 2.19. The van der Waals surface area contributed by atoms with Crippen LogP contribution in [0.5, 0.6) is 5.75 Å². The number of amides is 2. The average Bonchev–Trinajstić information content (AvgIpc) is 2.85. The first-order chi connectivity index (χ1) is 16.5. The van der Waals surface area contributed by atoms with E-state index in [2.05, 4.69) is 5.32 Å². The van der Waals surface area contributed by atoms with Crippen molar-refractivity contribution in [1.29, 1.82) is 0 Å². The lowest BCUT2D eigenvalue weighted by Gasteiger charge is -2.31. The Morgan fingerprint density at radius 3 is 2.32 bits per heavy atom. The predicted octanol–water partition coefficient (Wildman–Crippen LogP) is 5.02. The quantitative estimate of drug-likeness (QED) is 0.417. The minimum Gasteiger partial charge on any atom is -0.481 e. The Hall–Kier alpha value is -3.38. The minimum atomic E-state index is -0.777. The summed E-state index contributed by atoms with van der Waals surface area (Å²) in [6.45, 7) is 2.23. The van der Waals surface area contributed by atoms with Gasteiger partial charge in [-0.3, -0.25) is 9.59 Å². The van der Waals surface area contributed by atoms with Crippen LogP contribution in [0.3, 0.4) is 0 Å². The average molecular weight is 483 g/mol. The Kier molecular flexibility index (Phi) is 9.47. The van der Waals surface area contributed by atoms with Gasteiger partial charge in [0.2, 0.25) is 5.91 Å². The van der Waals surface area contributed by atoms with Crippen molar-refractivity contribution in [1.82, 2.24) is 10.2 Å². The van der Waals surface area contributed by atoms with Gasteiger partial charge in [-0.2, -0.15) is 0 Å². The highest BCUT2D eigenvalue weighted by molar-refractivity contribution is 6.30. The van der Waals surface area contributed by atoms with E-state index in [4.69, 9.17) is 16.3 Å². The summed E-state index contributed by atoms with van der Waals surface area (Å²) in [5, 5.41) is 3.49. The number of carbonyl (C=O) groups is 2. The van der Waals surface area contributed by atoms with Crippen LogP contribution < -0.4 is 10.1 Å². The summed E-state index contributed by atoms with van der Waals surface area (Å²) in [6.07, 6.45) is 1.10. The van der Waals surface area contributed by atoms with Gasteiger partial charge >= 0.3 is 0 Å². The molecule has 0 saturated heterocycles. The molecular formula is C27H28ClFN2O3. The molecule has 5 nitrogen and oxygen atoms in total. The molecule has 2 amide bonds. The number of carbonyl (C=O) groups excluding carboxylic acids is 2. The SMILES string of the molecule is CCCNC(=O)[C@H](Cc1ccccc1)N(Cc1ccc(Cl)cc1)C(=O)COc1ccccc1F. The zero-order chi connectivity index (χ0) is 24.3. The van der Waals surface area contributed by atoms with Crippen LogP contribution in [0.15, 0.2) is 78.9 Å². The molecule has 178 valence electrons. The summed E-state index contributed by atoms with van der Waals surface area (Å²) >= 11 is 6.02. The standard InChI is InChI=1S/C27H28ClFN2O3/c1-2-16-30-27(33)24(17-20-8-4-3-5-9-20)31(18-21-12-14-22(28)15-13-21)26(32)19-34-25-11-7-6-10-23(25)29/h3-15,24H,2,16-19H2,1H3,(H,30,33)/t24-/m0/s1. The summed E-state index contributed by atoms with van der Waals surface area (Å²) in [7, 11) is 0. The van der Waals surface area contributed by atoms with Crippen LogP contribution in [0.1, 0.15) is 24.5 Å². The number of hydrogen-bond donors (Lipinski definition) is 1. The topological polar surface area (TPSA) is 58.6 Å². The molecule has 0 radical (unpaired) electrons. The van der Waals surface area contributed by atoms with E-state index in [-0.39, 0.29) is 18.2 Å². The van der Waals surface area contributed by atoms with Crippen LogP contribution >= 0.6 is 11.6 Å². The second-order valence-corrected chi connectivity index (χ2v) is 8.30. The first kappa shape index (κ1) is 25.2. The predicted molar refractivity (Wildman–Crippen MR) is 131 cm³/mol. The summed E-state index contributed by atoms with van der Waals surface area (Å²) in [5.41, 5.74) is 1.73. The summed E-state index contributed by atoms with van der Waals surface area (Å²) in [6, 6.07) is 21.7. The third kappa shape index (κ3) is 7.32. The lowest BCUT2D eigenvalue weighted by Crippen LogP contribution is -2.51. The normalized spacial score (nSPS) is 11.5. The van der Waals surface area contributed by atoms with E-state index < -0.39 is 24.4 Å². The molecule has 0 aromatic heterocycles. The molecule has 0 saturated carbocycles. The molecule has 7 heteroatoms. The molecular weight excluding hydrogens is 455 g/mol. The molecule has 0 bridgehead atoms. The maximum Gasteiger partial charge on any atom is 0.261 e. The maximum atomic E-state index is 14.0. The largest absolute Gasteiger partial charge is 0.481 e. The van der Waals surface area contributed by atoms with E-state index >= 15 is 0 Å². The fourth-order valence-corrected chi connectivity index (χ4v) is 3.62. The zero-order valence-corrected chi connectivity index (χ0v) is 19.8. The Bertz CT molecular complexity index is 1080. The molecule has 1 atom stereocenters. The Balaban J connectivity index is 1.89. The number of hydrogen-bond acceptors (Lipinski definition) is 3. The van der Waals surface area contributed by atoms with Crippen molar-refractivity contribution in [2.45, 2.75) is 32.4 Å². The van der Waals surface area contributed by atoms with Crippen molar-refractivity contribution in [2.75, 3.05) is 13.2 Å². The minimum absolute atomic E-state index is 0.0164. The molecule has 0 aliphatic rings. The van der Waals surface area contributed by atoms with Gasteiger partial charge in [0.1, 0.15) is 6.04 Å². The van der Waals surface area contributed by atoms with E-state index in [9.17, 15) is 14.0 Å². The van der Waals surface area contributed by atoms with Crippen LogP contribution in [0.4, 0.5) is 4.39 Å². The summed E-state index contributed by atoms with van der Waals surface area (Å²) in [5.74, 6) is -1.25. The number of halogens is 2. The third-order valence-electron chi connectivity index (χ3n) is 5.27. The van der Waals surface area contributed by atoms with E-state index in [0.29, 0.717) is 18.0 Å². The van der Waals surface area contributed by atoms with Crippen LogP contribution in [0, 0.1) is 5.82 Å².